The fourth-order valence-corrected chi connectivity index (χ4v) is 0.988. The van der Waals surface area contributed by atoms with Crippen molar-refractivity contribution in [3.05, 3.63) is 6.42 Å². The molecule has 0 bridgehead atoms. The van der Waals surface area contributed by atoms with Crippen LogP contribution in [-0.4, -0.2) is 17.5 Å². The SMILES string of the molecule is C[CH]CSCNC(C)=O. The summed E-state index contributed by atoms with van der Waals surface area (Å²) >= 11 is 1.69. The van der Waals surface area contributed by atoms with Gasteiger partial charge in [0.1, 0.15) is 0 Å². The third-order valence-corrected chi connectivity index (χ3v) is 1.63. The molecule has 0 aliphatic carbocycles. The number of nitrogens with one attached hydrogen (secondary N) is 1. The van der Waals surface area contributed by atoms with Crippen LogP contribution in [0.3, 0.4) is 0 Å². The number of rotatable bonds is 4. The van der Waals surface area contributed by atoms with E-state index in [1.54, 1.807) is 11.8 Å². The molecule has 0 saturated heterocycles. The second-order valence-corrected chi connectivity index (χ2v) is 2.69. The van der Waals surface area contributed by atoms with Gasteiger partial charge in [-0.3, -0.25) is 4.79 Å². The summed E-state index contributed by atoms with van der Waals surface area (Å²) in [6.07, 6.45) is 2.06. The summed E-state index contributed by atoms with van der Waals surface area (Å²) in [6.45, 7) is 3.52. The summed E-state index contributed by atoms with van der Waals surface area (Å²) in [5.41, 5.74) is 0. The summed E-state index contributed by atoms with van der Waals surface area (Å²) in [7, 11) is 0. The lowest BCUT2D eigenvalue weighted by molar-refractivity contribution is -0.118. The molecular weight excluding hydrogens is 134 g/mol. The molecule has 0 saturated carbocycles. The van der Waals surface area contributed by atoms with E-state index in [2.05, 4.69) is 11.7 Å². The zero-order valence-corrected chi connectivity index (χ0v) is 6.62. The summed E-state index contributed by atoms with van der Waals surface area (Å²) < 4.78 is 0. The molecule has 0 spiro atoms. The van der Waals surface area contributed by atoms with E-state index in [1.165, 1.54) is 6.92 Å². The van der Waals surface area contributed by atoms with Crippen LogP contribution in [0.25, 0.3) is 0 Å². The number of amides is 1. The molecule has 0 aromatic rings. The van der Waals surface area contributed by atoms with Gasteiger partial charge >= 0.3 is 0 Å². The number of hydrogen-bond acceptors (Lipinski definition) is 2. The molecule has 53 valence electrons. The highest BCUT2D eigenvalue weighted by atomic mass is 32.2. The number of carbonyl (C=O) groups is 1. The zero-order valence-electron chi connectivity index (χ0n) is 5.81. The van der Waals surface area contributed by atoms with Crippen LogP contribution in [0.5, 0.6) is 0 Å². The van der Waals surface area contributed by atoms with E-state index in [-0.39, 0.29) is 5.91 Å². The molecule has 0 aliphatic heterocycles. The quantitative estimate of drug-likeness (QED) is 0.474. The van der Waals surface area contributed by atoms with Crippen molar-refractivity contribution in [3.8, 4) is 0 Å². The van der Waals surface area contributed by atoms with Crippen LogP contribution < -0.4 is 5.32 Å². The summed E-state index contributed by atoms with van der Waals surface area (Å²) in [5.74, 6) is 1.76. The minimum absolute atomic E-state index is 0.0404. The van der Waals surface area contributed by atoms with Crippen molar-refractivity contribution < 1.29 is 4.79 Å². The molecule has 0 aliphatic rings. The topological polar surface area (TPSA) is 29.1 Å². The van der Waals surface area contributed by atoms with Gasteiger partial charge in [0.05, 0.1) is 5.88 Å². The van der Waals surface area contributed by atoms with E-state index < -0.39 is 0 Å². The first kappa shape index (κ1) is 8.82. The van der Waals surface area contributed by atoms with Gasteiger partial charge in [-0.05, 0) is 12.2 Å². The number of thioether (sulfide) groups is 1. The van der Waals surface area contributed by atoms with Gasteiger partial charge in [0, 0.05) is 6.92 Å². The maximum atomic E-state index is 10.3. The smallest absolute Gasteiger partial charge is 0.217 e. The molecule has 1 N–H and O–H groups in total. The fourth-order valence-electron chi connectivity index (χ4n) is 0.329. The standard InChI is InChI=1S/C6H12NOS/c1-3-4-9-5-7-6(2)8/h3H,4-5H2,1-2H3,(H,7,8). The van der Waals surface area contributed by atoms with Crippen molar-refractivity contribution in [2.24, 2.45) is 0 Å². The lowest BCUT2D eigenvalue weighted by Crippen LogP contribution is -2.18. The molecule has 0 atom stereocenters. The summed E-state index contributed by atoms with van der Waals surface area (Å²) in [5, 5.41) is 2.68. The second-order valence-electron chi connectivity index (χ2n) is 1.66. The minimum Gasteiger partial charge on any atom is -0.347 e. The first-order valence-corrected chi connectivity index (χ1v) is 4.03. The van der Waals surface area contributed by atoms with Gasteiger partial charge in [-0.15, -0.1) is 11.8 Å². The molecule has 0 heterocycles. The first-order valence-electron chi connectivity index (χ1n) is 2.87. The highest BCUT2D eigenvalue weighted by Gasteiger charge is 1.87. The monoisotopic (exact) mass is 146 g/mol. The highest BCUT2D eigenvalue weighted by Crippen LogP contribution is 1.96. The van der Waals surface area contributed by atoms with Crippen LogP contribution in [0.4, 0.5) is 0 Å². The van der Waals surface area contributed by atoms with Gasteiger partial charge in [0.25, 0.3) is 0 Å². The van der Waals surface area contributed by atoms with E-state index >= 15 is 0 Å². The highest BCUT2D eigenvalue weighted by molar-refractivity contribution is 7.99. The van der Waals surface area contributed by atoms with Gasteiger partial charge in [-0.25, -0.2) is 0 Å². The predicted octanol–water partition coefficient (Wildman–Crippen LogP) is 1.04. The largest absolute Gasteiger partial charge is 0.347 e. The van der Waals surface area contributed by atoms with Crippen molar-refractivity contribution in [3.63, 3.8) is 0 Å². The van der Waals surface area contributed by atoms with Gasteiger partial charge in [0.15, 0.2) is 0 Å². The average Bonchev–Trinajstić information content (AvgIpc) is 1.80. The van der Waals surface area contributed by atoms with E-state index in [4.69, 9.17) is 0 Å². The molecule has 3 heteroatoms. The molecule has 0 fully saturated rings. The molecule has 0 aromatic heterocycles. The third-order valence-electron chi connectivity index (χ3n) is 0.708. The Morgan fingerprint density at radius 2 is 2.44 bits per heavy atom. The van der Waals surface area contributed by atoms with E-state index in [9.17, 15) is 4.79 Å². The molecule has 9 heavy (non-hydrogen) atoms. The zero-order chi connectivity index (χ0) is 7.11. The molecule has 1 amide bonds. The Hall–Kier alpha value is -0.180. The Morgan fingerprint density at radius 1 is 1.78 bits per heavy atom. The van der Waals surface area contributed by atoms with Gasteiger partial charge in [-0.1, -0.05) is 6.92 Å². The fraction of sp³-hybridized carbons (Fsp3) is 0.667. The van der Waals surface area contributed by atoms with Crippen LogP contribution in [-0.2, 0) is 4.79 Å². The van der Waals surface area contributed by atoms with Crippen molar-refractivity contribution in [1.82, 2.24) is 5.32 Å². The van der Waals surface area contributed by atoms with Crippen LogP contribution in [0, 0.1) is 6.42 Å². The van der Waals surface area contributed by atoms with Crippen molar-refractivity contribution in [1.29, 1.82) is 0 Å². The molecule has 2 nitrogen and oxygen atoms in total. The van der Waals surface area contributed by atoms with E-state index in [0.717, 1.165) is 11.6 Å². The van der Waals surface area contributed by atoms with Gasteiger partial charge in [0.2, 0.25) is 5.91 Å². The molecule has 0 aromatic carbocycles. The van der Waals surface area contributed by atoms with Crippen LogP contribution in [0.1, 0.15) is 13.8 Å². The Kier molecular flexibility index (Phi) is 5.83. The Morgan fingerprint density at radius 3 is 2.89 bits per heavy atom. The van der Waals surface area contributed by atoms with Gasteiger partial charge < -0.3 is 5.32 Å². The number of hydrogen-bond donors (Lipinski definition) is 1. The third kappa shape index (κ3) is 7.82. The molecular formula is C6H12NOS. The summed E-state index contributed by atoms with van der Waals surface area (Å²) in [4.78, 5) is 10.3. The minimum atomic E-state index is 0.0404. The lowest BCUT2D eigenvalue weighted by atomic mass is 10.6. The maximum Gasteiger partial charge on any atom is 0.217 e. The van der Waals surface area contributed by atoms with Gasteiger partial charge in [-0.2, -0.15) is 0 Å². The predicted molar refractivity (Wildman–Crippen MR) is 41.1 cm³/mol. The summed E-state index contributed by atoms with van der Waals surface area (Å²) in [6, 6.07) is 0. The van der Waals surface area contributed by atoms with Crippen LogP contribution >= 0.6 is 11.8 Å². The molecule has 0 unspecified atom stereocenters. The normalized spacial score (nSPS) is 9.11. The first-order chi connectivity index (χ1) is 4.27. The molecule has 1 radical (unpaired) electrons. The maximum absolute atomic E-state index is 10.3. The second kappa shape index (κ2) is 5.95. The Bertz CT molecular complexity index is 85.1. The Balaban J connectivity index is 2.83. The van der Waals surface area contributed by atoms with Crippen LogP contribution in [0.2, 0.25) is 0 Å². The van der Waals surface area contributed by atoms with Crippen molar-refractivity contribution in [2.75, 3.05) is 11.6 Å². The Labute approximate surface area is 60.4 Å². The average molecular weight is 146 g/mol. The van der Waals surface area contributed by atoms with Crippen molar-refractivity contribution in [2.45, 2.75) is 13.8 Å². The van der Waals surface area contributed by atoms with Crippen LogP contribution in [0.15, 0.2) is 0 Å². The molecule has 0 rings (SSSR count). The van der Waals surface area contributed by atoms with Crippen molar-refractivity contribution >= 4 is 17.7 Å². The lowest BCUT2D eigenvalue weighted by Gasteiger charge is -1.98. The van der Waals surface area contributed by atoms with E-state index in [1.807, 2.05) is 6.92 Å². The number of carbonyl (C=O) groups excluding carboxylic acids is 1. The van der Waals surface area contributed by atoms with E-state index in [0.29, 0.717) is 0 Å².